The number of nitrogens with zero attached hydrogens (tertiary/aromatic N) is 2. The van der Waals surface area contributed by atoms with Crippen molar-refractivity contribution in [1.29, 1.82) is 0 Å². The van der Waals surface area contributed by atoms with E-state index >= 15 is 0 Å². The van der Waals surface area contributed by atoms with Gasteiger partial charge in [-0.3, -0.25) is 9.69 Å². The van der Waals surface area contributed by atoms with Crippen LogP contribution in [0, 0.1) is 0 Å². The molecule has 9 heteroatoms. The molecule has 2 aromatic carbocycles. The maximum absolute atomic E-state index is 12.8. The van der Waals surface area contributed by atoms with Crippen LogP contribution in [-0.2, 0) is 10.0 Å². The Bertz CT molecular complexity index is 942. The monoisotopic (exact) mass is 437 g/mol. The third-order valence-corrected chi connectivity index (χ3v) is 6.98. The average molecular weight is 438 g/mol. The van der Waals surface area contributed by atoms with E-state index in [1.807, 2.05) is 0 Å². The Morgan fingerprint density at radius 1 is 1.10 bits per heavy atom. The van der Waals surface area contributed by atoms with E-state index in [2.05, 4.69) is 10.2 Å². The van der Waals surface area contributed by atoms with Crippen molar-refractivity contribution in [2.24, 2.45) is 0 Å². The van der Waals surface area contributed by atoms with Crippen LogP contribution in [0.25, 0.3) is 0 Å². The maximum atomic E-state index is 12.8. The van der Waals surface area contributed by atoms with Crippen molar-refractivity contribution in [2.45, 2.75) is 4.90 Å². The van der Waals surface area contributed by atoms with Crippen LogP contribution in [0.15, 0.2) is 53.4 Å². The van der Waals surface area contributed by atoms with Gasteiger partial charge in [0.25, 0.3) is 5.91 Å². The molecule has 2 aromatic rings. The van der Waals surface area contributed by atoms with Gasteiger partial charge in [0.05, 0.1) is 12.0 Å². The van der Waals surface area contributed by atoms with E-state index in [4.69, 9.17) is 16.3 Å². The zero-order valence-corrected chi connectivity index (χ0v) is 17.7. The smallest absolute Gasteiger partial charge is 0.251 e. The third kappa shape index (κ3) is 5.48. The van der Waals surface area contributed by atoms with Crippen LogP contribution in [0.3, 0.4) is 0 Å². The molecule has 1 saturated heterocycles. The number of nitrogens with one attached hydrogen (secondary N) is 1. The summed E-state index contributed by atoms with van der Waals surface area (Å²) in [5, 5.41) is 3.39. The summed E-state index contributed by atoms with van der Waals surface area (Å²) in [5.41, 5.74) is 0.521. The van der Waals surface area contributed by atoms with Crippen LogP contribution in [0.1, 0.15) is 10.4 Å². The molecule has 1 N–H and O–H groups in total. The van der Waals surface area contributed by atoms with Crippen molar-refractivity contribution < 1.29 is 17.9 Å². The molecule has 1 heterocycles. The lowest BCUT2D eigenvalue weighted by Crippen LogP contribution is -2.50. The van der Waals surface area contributed by atoms with E-state index < -0.39 is 10.0 Å². The molecule has 0 aromatic heterocycles. The normalized spacial score (nSPS) is 15.8. The SMILES string of the molecule is COc1ccc(S(=O)(=O)N2CCN(CCNC(=O)c3cccc(Cl)c3)CC2)cc1. The van der Waals surface area contributed by atoms with Crippen molar-refractivity contribution in [2.75, 3.05) is 46.4 Å². The molecule has 29 heavy (non-hydrogen) atoms. The first-order valence-corrected chi connectivity index (χ1v) is 11.1. The Morgan fingerprint density at radius 3 is 2.41 bits per heavy atom. The van der Waals surface area contributed by atoms with Crippen LogP contribution in [0.4, 0.5) is 0 Å². The number of benzene rings is 2. The van der Waals surface area contributed by atoms with Gasteiger partial charge in [-0.15, -0.1) is 0 Å². The predicted octanol–water partition coefficient (Wildman–Crippen LogP) is 2.08. The minimum absolute atomic E-state index is 0.173. The average Bonchev–Trinajstić information content (AvgIpc) is 2.74. The molecule has 7 nitrogen and oxygen atoms in total. The van der Waals surface area contributed by atoms with Gasteiger partial charge >= 0.3 is 0 Å². The van der Waals surface area contributed by atoms with E-state index in [1.54, 1.807) is 55.6 Å². The topological polar surface area (TPSA) is 79.0 Å². The second kappa shape index (κ2) is 9.58. The van der Waals surface area contributed by atoms with Crippen molar-refractivity contribution in [3.8, 4) is 5.75 Å². The molecule has 0 aliphatic carbocycles. The second-order valence-electron chi connectivity index (χ2n) is 6.69. The second-order valence-corrected chi connectivity index (χ2v) is 9.06. The number of carbonyl (C=O) groups is 1. The van der Waals surface area contributed by atoms with Gasteiger partial charge in [-0.05, 0) is 42.5 Å². The number of methoxy groups -OCH3 is 1. The Labute approximate surface area is 176 Å². The van der Waals surface area contributed by atoms with Crippen molar-refractivity contribution >= 4 is 27.5 Å². The summed E-state index contributed by atoms with van der Waals surface area (Å²) in [4.78, 5) is 14.5. The van der Waals surface area contributed by atoms with E-state index in [-0.39, 0.29) is 10.8 Å². The van der Waals surface area contributed by atoms with Gasteiger partial charge in [0.1, 0.15) is 5.75 Å². The molecule has 1 fully saturated rings. The van der Waals surface area contributed by atoms with E-state index in [1.165, 1.54) is 4.31 Å². The van der Waals surface area contributed by atoms with E-state index in [0.29, 0.717) is 55.6 Å². The Kier molecular flexibility index (Phi) is 7.13. The molecule has 1 amide bonds. The van der Waals surface area contributed by atoms with E-state index in [9.17, 15) is 13.2 Å². The van der Waals surface area contributed by atoms with Gasteiger partial charge in [-0.25, -0.2) is 8.42 Å². The van der Waals surface area contributed by atoms with Gasteiger partial charge < -0.3 is 10.1 Å². The quantitative estimate of drug-likeness (QED) is 0.717. The van der Waals surface area contributed by atoms with Crippen LogP contribution in [0.5, 0.6) is 5.75 Å². The summed E-state index contributed by atoms with van der Waals surface area (Å²) in [6, 6.07) is 13.2. The molecule has 0 bridgehead atoms. The molecule has 0 saturated carbocycles. The summed E-state index contributed by atoms with van der Waals surface area (Å²) in [6.45, 7) is 3.19. The van der Waals surface area contributed by atoms with Gasteiger partial charge in [-0.1, -0.05) is 17.7 Å². The predicted molar refractivity (Wildman–Crippen MR) is 112 cm³/mol. The van der Waals surface area contributed by atoms with Crippen molar-refractivity contribution in [3.63, 3.8) is 0 Å². The number of sulfonamides is 1. The Morgan fingerprint density at radius 2 is 1.79 bits per heavy atom. The highest BCUT2D eigenvalue weighted by Gasteiger charge is 2.28. The van der Waals surface area contributed by atoms with Crippen LogP contribution in [-0.4, -0.2) is 69.9 Å². The summed E-state index contributed by atoms with van der Waals surface area (Å²) >= 11 is 5.91. The lowest BCUT2D eigenvalue weighted by Gasteiger charge is -2.34. The zero-order chi connectivity index (χ0) is 20.9. The number of halogens is 1. The summed E-state index contributed by atoms with van der Waals surface area (Å²) in [6.07, 6.45) is 0. The highest BCUT2D eigenvalue weighted by atomic mass is 35.5. The van der Waals surface area contributed by atoms with Crippen LogP contribution >= 0.6 is 11.6 Å². The van der Waals surface area contributed by atoms with Gasteiger partial charge in [-0.2, -0.15) is 4.31 Å². The minimum Gasteiger partial charge on any atom is -0.497 e. The largest absolute Gasteiger partial charge is 0.497 e. The summed E-state index contributed by atoms with van der Waals surface area (Å²) in [7, 11) is -1.97. The molecule has 0 atom stereocenters. The molecular weight excluding hydrogens is 414 g/mol. The van der Waals surface area contributed by atoms with Gasteiger partial charge in [0, 0.05) is 49.9 Å². The fourth-order valence-electron chi connectivity index (χ4n) is 3.15. The fraction of sp³-hybridized carbons (Fsp3) is 0.350. The van der Waals surface area contributed by atoms with Crippen LogP contribution < -0.4 is 10.1 Å². The first kappa shape index (κ1) is 21.6. The van der Waals surface area contributed by atoms with Crippen LogP contribution in [0.2, 0.25) is 5.02 Å². The summed E-state index contributed by atoms with van der Waals surface area (Å²) in [5.74, 6) is 0.446. The number of amides is 1. The number of piperazine rings is 1. The first-order valence-electron chi connectivity index (χ1n) is 9.30. The number of carbonyl (C=O) groups excluding carboxylic acids is 1. The number of ether oxygens (including phenoxy) is 1. The highest BCUT2D eigenvalue weighted by Crippen LogP contribution is 2.20. The highest BCUT2D eigenvalue weighted by molar-refractivity contribution is 7.89. The number of rotatable bonds is 7. The third-order valence-electron chi connectivity index (χ3n) is 4.83. The first-order chi connectivity index (χ1) is 13.9. The molecule has 1 aliphatic rings. The molecule has 0 spiro atoms. The Balaban J connectivity index is 1.47. The maximum Gasteiger partial charge on any atom is 0.251 e. The molecular formula is C20H24ClN3O4S. The minimum atomic E-state index is -3.52. The fourth-order valence-corrected chi connectivity index (χ4v) is 4.76. The Hall–Kier alpha value is -2.13. The molecule has 3 rings (SSSR count). The molecule has 156 valence electrons. The standard InChI is InChI=1S/C20H24ClN3O4S/c1-28-18-5-7-19(8-6-18)29(26,27)24-13-11-23(12-14-24)10-9-22-20(25)16-3-2-4-17(21)15-16/h2-8,15H,9-14H2,1H3,(H,22,25). The number of hydrogen-bond donors (Lipinski definition) is 1. The lowest BCUT2D eigenvalue weighted by atomic mass is 10.2. The van der Waals surface area contributed by atoms with Gasteiger partial charge in [0.2, 0.25) is 10.0 Å². The molecule has 0 unspecified atom stereocenters. The number of hydrogen-bond acceptors (Lipinski definition) is 5. The molecule has 1 aliphatic heterocycles. The summed E-state index contributed by atoms with van der Waals surface area (Å²) < 4.78 is 32.1. The molecule has 0 radical (unpaired) electrons. The lowest BCUT2D eigenvalue weighted by molar-refractivity contribution is 0.0945. The zero-order valence-electron chi connectivity index (χ0n) is 16.2. The van der Waals surface area contributed by atoms with Crippen molar-refractivity contribution in [3.05, 3.63) is 59.1 Å². The van der Waals surface area contributed by atoms with E-state index in [0.717, 1.165) is 0 Å². The van der Waals surface area contributed by atoms with Gasteiger partial charge in [0.15, 0.2) is 0 Å². The van der Waals surface area contributed by atoms with Crippen molar-refractivity contribution in [1.82, 2.24) is 14.5 Å².